The molecule has 3 aromatic rings. The number of rotatable bonds is 14. The number of hydrogen-bond acceptors (Lipinski definition) is 10. The van der Waals surface area contributed by atoms with Gasteiger partial charge in [-0.25, -0.2) is 13.2 Å². The number of methoxy groups -OCH3 is 1. The van der Waals surface area contributed by atoms with Gasteiger partial charge in [-0.05, 0) is 80.7 Å². The highest BCUT2D eigenvalue weighted by molar-refractivity contribution is 7.89. The Hall–Kier alpha value is -3.39. The average Bonchev–Trinajstić information content (AvgIpc) is 3.68. The standard InChI is InChI=1S/C35H44N4O8S/c1-20(2)19-39(48(41,42)25-9-10-28-29(17-25)45-33(38-28)36-22-7-8-22)14-12-23(15-21-5-4-6-24(16-21)43-3)37-34(40)46-31-26-11-13-35(26)27-18-30(31)44-32(27)47-35/h4-6,9-10,16-17,20,22-23,26-27,30-32H,7-8,11-15,18-19H2,1-3H3,(H,36,38)(H,37,40). The number of fused-ring (bicyclic) bond motifs is 2. The van der Waals surface area contributed by atoms with Crippen molar-refractivity contribution in [1.82, 2.24) is 14.6 Å². The second kappa shape index (κ2) is 12.2. The minimum atomic E-state index is -3.90. The van der Waals surface area contributed by atoms with Gasteiger partial charge >= 0.3 is 6.09 Å². The number of anilines is 1. The molecule has 12 nitrogen and oxygen atoms in total. The van der Waals surface area contributed by atoms with Crippen LogP contribution in [0.5, 0.6) is 5.75 Å². The Morgan fingerprint density at radius 3 is 2.75 bits per heavy atom. The van der Waals surface area contributed by atoms with Gasteiger partial charge in [0.2, 0.25) is 10.0 Å². The molecule has 48 heavy (non-hydrogen) atoms. The summed E-state index contributed by atoms with van der Waals surface area (Å²) in [5.41, 5.74) is 1.77. The van der Waals surface area contributed by atoms with Crippen LogP contribution in [-0.4, -0.2) is 80.2 Å². The molecule has 2 aromatic carbocycles. The lowest BCUT2D eigenvalue weighted by atomic mass is 9.53. The molecule has 5 fully saturated rings. The van der Waals surface area contributed by atoms with E-state index in [-0.39, 0.29) is 47.4 Å². The molecule has 8 rings (SSSR count). The molecule has 2 bridgehead atoms. The number of hydrogen-bond donors (Lipinski definition) is 2. The monoisotopic (exact) mass is 680 g/mol. The summed E-state index contributed by atoms with van der Waals surface area (Å²) >= 11 is 0. The number of sulfonamides is 1. The fraction of sp³-hybridized carbons (Fsp3) is 0.600. The number of nitrogens with zero attached hydrogens (tertiary/aromatic N) is 2. The van der Waals surface area contributed by atoms with E-state index in [1.165, 1.54) is 4.31 Å². The number of carbonyl (C=O) groups excluding carboxylic acids is 1. The van der Waals surface area contributed by atoms with Crippen molar-refractivity contribution in [2.45, 2.75) is 99.9 Å². The molecule has 3 saturated carbocycles. The first-order valence-corrected chi connectivity index (χ1v) is 18.7. The summed E-state index contributed by atoms with van der Waals surface area (Å²) < 4.78 is 59.3. The lowest BCUT2D eigenvalue weighted by molar-refractivity contribution is -0.360. The maximum absolute atomic E-state index is 14.1. The lowest BCUT2D eigenvalue weighted by Crippen LogP contribution is -2.71. The highest BCUT2D eigenvalue weighted by Crippen LogP contribution is 2.66. The maximum Gasteiger partial charge on any atom is 0.407 e. The van der Waals surface area contributed by atoms with E-state index < -0.39 is 22.2 Å². The topological polar surface area (TPSA) is 141 Å². The predicted octanol–water partition coefficient (Wildman–Crippen LogP) is 5.08. The molecule has 2 N–H and O–H groups in total. The SMILES string of the molecule is COc1cccc(CC(CCN(CC(C)C)S(=O)(=O)c2ccc3nc(NC4CC4)oc3c2)NC(=O)OC2C3CC4C(O3)OC43CCC23)c1. The van der Waals surface area contributed by atoms with Gasteiger partial charge in [-0.3, -0.25) is 0 Å². The van der Waals surface area contributed by atoms with Crippen LogP contribution in [-0.2, 0) is 30.7 Å². The third-order valence-electron chi connectivity index (χ3n) is 10.7. The van der Waals surface area contributed by atoms with Gasteiger partial charge in [-0.1, -0.05) is 26.0 Å². The summed E-state index contributed by atoms with van der Waals surface area (Å²) in [6.45, 7) is 4.48. The molecule has 3 heterocycles. The maximum atomic E-state index is 14.1. The molecule has 7 atom stereocenters. The summed E-state index contributed by atoms with van der Waals surface area (Å²) in [6.07, 6.45) is 4.55. The quantitative estimate of drug-likeness (QED) is 0.237. The Morgan fingerprint density at radius 1 is 1.15 bits per heavy atom. The first-order chi connectivity index (χ1) is 23.1. The van der Waals surface area contributed by atoms with Crippen molar-refractivity contribution in [3.05, 3.63) is 48.0 Å². The van der Waals surface area contributed by atoms with E-state index in [1.807, 2.05) is 38.1 Å². The van der Waals surface area contributed by atoms with Crippen LogP contribution in [0, 0.1) is 17.8 Å². The third kappa shape index (κ3) is 5.82. The van der Waals surface area contributed by atoms with Gasteiger partial charge in [0.25, 0.3) is 6.01 Å². The van der Waals surface area contributed by atoms with Crippen LogP contribution in [0.2, 0.25) is 0 Å². The van der Waals surface area contributed by atoms with Gasteiger partial charge in [0, 0.05) is 43.1 Å². The molecule has 2 aliphatic heterocycles. The molecule has 1 spiro atoms. The van der Waals surface area contributed by atoms with Crippen LogP contribution >= 0.6 is 0 Å². The Morgan fingerprint density at radius 2 is 2.00 bits per heavy atom. The summed E-state index contributed by atoms with van der Waals surface area (Å²) in [7, 11) is -2.29. The van der Waals surface area contributed by atoms with Crippen LogP contribution in [0.15, 0.2) is 51.8 Å². The Bertz CT molecular complexity index is 1790. The molecule has 3 aliphatic carbocycles. The Balaban J connectivity index is 0.995. The zero-order valence-corrected chi connectivity index (χ0v) is 28.4. The largest absolute Gasteiger partial charge is 0.497 e. The van der Waals surface area contributed by atoms with Crippen molar-refractivity contribution >= 4 is 33.2 Å². The van der Waals surface area contributed by atoms with Crippen LogP contribution < -0.4 is 15.4 Å². The van der Waals surface area contributed by atoms with Crippen molar-refractivity contribution in [2.75, 3.05) is 25.5 Å². The molecule has 13 heteroatoms. The smallest absolute Gasteiger partial charge is 0.407 e. The Labute approximate surface area is 280 Å². The number of benzene rings is 2. The predicted molar refractivity (Wildman–Crippen MR) is 176 cm³/mol. The van der Waals surface area contributed by atoms with E-state index in [2.05, 4.69) is 15.6 Å². The number of amides is 1. The molecule has 2 saturated heterocycles. The molecule has 1 aromatic heterocycles. The van der Waals surface area contributed by atoms with Crippen LogP contribution in [0.3, 0.4) is 0 Å². The van der Waals surface area contributed by atoms with E-state index in [0.29, 0.717) is 54.2 Å². The average molecular weight is 681 g/mol. The first-order valence-electron chi connectivity index (χ1n) is 17.2. The molecule has 1 amide bonds. The normalized spacial score (nSPS) is 29.2. The molecule has 258 valence electrons. The number of aromatic nitrogens is 1. The van der Waals surface area contributed by atoms with E-state index >= 15 is 0 Å². The summed E-state index contributed by atoms with van der Waals surface area (Å²) in [5.74, 6) is 1.34. The molecular weight excluding hydrogens is 636 g/mol. The van der Waals surface area contributed by atoms with Crippen LogP contribution in [0.4, 0.5) is 10.8 Å². The zero-order valence-electron chi connectivity index (χ0n) is 27.6. The van der Waals surface area contributed by atoms with E-state index in [4.69, 9.17) is 23.4 Å². The molecule has 0 radical (unpaired) electrons. The van der Waals surface area contributed by atoms with Crippen molar-refractivity contribution < 1.29 is 36.6 Å². The zero-order chi connectivity index (χ0) is 33.2. The molecule has 7 unspecified atom stereocenters. The van der Waals surface area contributed by atoms with Crippen LogP contribution in [0.1, 0.15) is 57.9 Å². The third-order valence-corrected chi connectivity index (χ3v) is 12.6. The summed E-state index contributed by atoms with van der Waals surface area (Å²) in [4.78, 5) is 18.1. The van der Waals surface area contributed by atoms with Crippen molar-refractivity contribution in [2.24, 2.45) is 17.8 Å². The van der Waals surface area contributed by atoms with E-state index in [0.717, 1.165) is 37.7 Å². The van der Waals surface area contributed by atoms with Gasteiger partial charge in [0.1, 0.15) is 17.4 Å². The van der Waals surface area contributed by atoms with Crippen LogP contribution in [0.25, 0.3) is 11.1 Å². The van der Waals surface area contributed by atoms with Crippen molar-refractivity contribution in [1.29, 1.82) is 0 Å². The number of carbonyl (C=O) groups is 1. The van der Waals surface area contributed by atoms with E-state index in [1.54, 1.807) is 25.3 Å². The minimum absolute atomic E-state index is 0.0719. The lowest BCUT2D eigenvalue weighted by Gasteiger charge is -2.63. The Kier molecular flexibility index (Phi) is 8.09. The first kappa shape index (κ1) is 31.9. The highest BCUT2D eigenvalue weighted by Gasteiger charge is 2.75. The number of ether oxygens (including phenoxy) is 4. The molecular formula is C35H44N4O8S. The van der Waals surface area contributed by atoms with Gasteiger partial charge < -0.3 is 34.0 Å². The number of oxazole rings is 1. The van der Waals surface area contributed by atoms with Gasteiger partial charge in [0.05, 0.1) is 23.7 Å². The fourth-order valence-corrected chi connectivity index (χ4v) is 9.69. The van der Waals surface area contributed by atoms with Crippen molar-refractivity contribution in [3.8, 4) is 5.75 Å². The minimum Gasteiger partial charge on any atom is -0.497 e. The highest BCUT2D eigenvalue weighted by atomic mass is 32.2. The van der Waals surface area contributed by atoms with Crippen molar-refractivity contribution in [3.63, 3.8) is 0 Å². The van der Waals surface area contributed by atoms with Gasteiger partial charge in [-0.2, -0.15) is 9.29 Å². The number of alkyl carbamates (subject to hydrolysis) is 1. The molecule has 5 aliphatic rings. The fourth-order valence-electron chi connectivity index (χ4n) is 8.06. The summed E-state index contributed by atoms with van der Waals surface area (Å²) in [5, 5.41) is 6.32. The van der Waals surface area contributed by atoms with E-state index in [9.17, 15) is 13.2 Å². The second-order valence-electron chi connectivity index (χ2n) is 14.5. The summed E-state index contributed by atoms with van der Waals surface area (Å²) in [6, 6.07) is 12.8. The van der Waals surface area contributed by atoms with Gasteiger partial charge in [0.15, 0.2) is 11.9 Å². The second-order valence-corrected chi connectivity index (χ2v) is 16.4. The van der Waals surface area contributed by atoms with Gasteiger partial charge in [-0.15, -0.1) is 0 Å². The number of nitrogens with one attached hydrogen (secondary N) is 2.